The van der Waals surface area contributed by atoms with Gasteiger partial charge in [0.25, 0.3) is 0 Å². The summed E-state index contributed by atoms with van der Waals surface area (Å²) >= 11 is 4.20. The first-order valence-electron chi connectivity index (χ1n) is 7.66. The van der Waals surface area contributed by atoms with Crippen LogP contribution in [0.2, 0.25) is 0 Å². The smallest absolute Gasteiger partial charge is 0.407 e. The standard InChI is InChI=1S/C18H21NO4S/c20-16(17(21)14-7-4-8-15(24)11-14)9-10-19-18(22)23-12-13-5-2-1-3-6-13/h1-8,11,16-17,20-21,24H,9-10,12H2,(H,19,22). The summed E-state index contributed by atoms with van der Waals surface area (Å²) in [7, 11) is 0. The summed E-state index contributed by atoms with van der Waals surface area (Å²) in [5.41, 5.74) is 1.48. The fourth-order valence-electron chi connectivity index (χ4n) is 2.19. The van der Waals surface area contributed by atoms with Crippen LogP contribution in [0.25, 0.3) is 0 Å². The molecule has 128 valence electrons. The summed E-state index contributed by atoms with van der Waals surface area (Å²) in [5.74, 6) is 0. The monoisotopic (exact) mass is 347 g/mol. The Kier molecular flexibility index (Phi) is 7.11. The number of carbonyl (C=O) groups is 1. The molecule has 0 heterocycles. The first-order chi connectivity index (χ1) is 11.6. The Bertz CT molecular complexity index is 650. The van der Waals surface area contributed by atoms with Crippen molar-refractivity contribution in [2.75, 3.05) is 6.54 Å². The molecular formula is C18H21NO4S. The number of nitrogens with one attached hydrogen (secondary N) is 1. The Hall–Kier alpha value is -2.02. The zero-order valence-corrected chi connectivity index (χ0v) is 14.0. The van der Waals surface area contributed by atoms with Gasteiger partial charge in [-0.15, -0.1) is 12.6 Å². The van der Waals surface area contributed by atoms with E-state index in [2.05, 4.69) is 17.9 Å². The maximum atomic E-state index is 11.6. The highest BCUT2D eigenvalue weighted by Crippen LogP contribution is 2.21. The lowest BCUT2D eigenvalue weighted by molar-refractivity contribution is 0.0135. The van der Waals surface area contributed by atoms with Crippen LogP contribution < -0.4 is 5.32 Å². The lowest BCUT2D eigenvalue weighted by Crippen LogP contribution is -2.29. The molecule has 2 rings (SSSR count). The van der Waals surface area contributed by atoms with Crippen molar-refractivity contribution in [3.05, 3.63) is 65.7 Å². The van der Waals surface area contributed by atoms with Crippen LogP contribution in [-0.4, -0.2) is 29.0 Å². The van der Waals surface area contributed by atoms with Gasteiger partial charge in [-0.2, -0.15) is 0 Å². The molecular weight excluding hydrogens is 326 g/mol. The van der Waals surface area contributed by atoms with Crippen LogP contribution in [0.5, 0.6) is 0 Å². The zero-order chi connectivity index (χ0) is 17.4. The van der Waals surface area contributed by atoms with E-state index in [1.165, 1.54) is 0 Å². The first kappa shape index (κ1) is 18.3. The molecule has 0 saturated heterocycles. The number of aliphatic hydroxyl groups excluding tert-OH is 2. The number of alkyl carbamates (subject to hydrolysis) is 1. The van der Waals surface area contributed by atoms with Crippen LogP contribution in [0, 0.1) is 0 Å². The average molecular weight is 347 g/mol. The Morgan fingerprint density at radius 3 is 2.58 bits per heavy atom. The number of carbonyl (C=O) groups excluding carboxylic acids is 1. The van der Waals surface area contributed by atoms with Gasteiger partial charge in [-0.05, 0) is 29.7 Å². The van der Waals surface area contributed by atoms with Gasteiger partial charge in [0.1, 0.15) is 12.7 Å². The molecule has 0 aliphatic rings. The van der Waals surface area contributed by atoms with Crippen molar-refractivity contribution < 1.29 is 19.7 Å². The van der Waals surface area contributed by atoms with Gasteiger partial charge in [-0.1, -0.05) is 42.5 Å². The average Bonchev–Trinajstić information content (AvgIpc) is 2.60. The van der Waals surface area contributed by atoms with Crippen LogP contribution in [-0.2, 0) is 11.3 Å². The third kappa shape index (κ3) is 5.88. The number of aliphatic hydroxyl groups is 2. The van der Waals surface area contributed by atoms with Gasteiger partial charge in [-0.25, -0.2) is 4.79 Å². The van der Waals surface area contributed by atoms with E-state index in [-0.39, 0.29) is 19.6 Å². The minimum Gasteiger partial charge on any atom is -0.445 e. The third-order valence-electron chi connectivity index (χ3n) is 3.50. The summed E-state index contributed by atoms with van der Waals surface area (Å²) in [4.78, 5) is 12.3. The fourth-order valence-corrected chi connectivity index (χ4v) is 2.42. The van der Waals surface area contributed by atoms with E-state index in [1.807, 2.05) is 30.3 Å². The van der Waals surface area contributed by atoms with Crippen LogP contribution in [0.3, 0.4) is 0 Å². The van der Waals surface area contributed by atoms with E-state index in [4.69, 9.17) is 4.74 Å². The molecule has 0 bridgehead atoms. The number of thiol groups is 1. The van der Waals surface area contributed by atoms with Crippen LogP contribution in [0.4, 0.5) is 4.79 Å². The topological polar surface area (TPSA) is 78.8 Å². The normalized spacial score (nSPS) is 13.1. The summed E-state index contributed by atoms with van der Waals surface area (Å²) in [5, 5.41) is 22.7. The second-order valence-corrected chi connectivity index (χ2v) is 5.90. The van der Waals surface area contributed by atoms with Crippen molar-refractivity contribution >= 4 is 18.7 Å². The molecule has 1 amide bonds. The van der Waals surface area contributed by atoms with Crippen molar-refractivity contribution in [2.24, 2.45) is 0 Å². The van der Waals surface area contributed by atoms with Crippen molar-refractivity contribution in [3.63, 3.8) is 0 Å². The molecule has 2 aromatic carbocycles. The van der Waals surface area contributed by atoms with Gasteiger partial charge in [0, 0.05) is 11.4 Å². The van der Waals surface area contributed by atoms with E-state index < -0.39 is 18.3 Å². The van der Waals surface area contributed by atoms with Crippen molar-refractivity contribution in [1.82, 2.24) is 5.32 Å². The number of hydrogen-bond acceptors (Lipinski definition) is 5. The molecule has 6 heteroatoms. The van der Waals surface area contributed by atoms with Gasteiger partial charge in [-0.3, -0.25) is 0 Å². The molecule has 0 saturated carbocycles. The number of rotatable bonds is 7. The van der Waals surface area contributed by atoms with Gasteiger partial charge >= 0.3 is 6.09 Å². The van der Waals surface area contributed by atoms with Crippen molar-refractivity contribution in [1.29, 1.82) is 0 Å². The summed E-state index contributed by atoms with van der Waals surface area (Å²) < 4.78 is 5.07. The van der Waals surface area contributed by atoms with Crippen molar-refractivity contribution in [2.45, 2.75) is 30.1 Å². The van der Waals surface area contributed by atoms with Crippen LogP contribution in [0.1, 0.15) is 23.7 Å². The van der Waals surface area contributed by atoms with Gasteiger partial charge in [0.05, 0.1) is 6.10 Å². The van der Waals surface area contributed by atoms with E-state index >= 15 is 0 Å². The highest BCUT2D eigenvalue weighted by atomic mass is 32.1. The molecule has 0 aliphatic heterocycles. The number of ether oxygens (including phenoxy) is 1. The van der Waals surface area contributed by atoms with Gasteiger partial charge in [0.15, 0.2) is 0 Å². The Labute approximate surface area is 146 Å². The minimum atomic E-state index is -1.03. The molecule has 5 nitrogen and oxygen atoms in total. The first-order valence-corrected chi connectivity index (χ1v) is 8.10. The Morgan fingerprint density at radius 1 is 1.12 bits per heavy atom. The number of benzene rings is 2. The lowest BCUT2D eigenvalue weighted by Gasteiger charge is -2.18. The highest BCUT2D eigenvalue weighted by molar-refractivity contribution is 7.80. The zero-order valence-electron chi connectivity index (χ0n) is 13.1. The lowest BCUT2D eigenvalue weighted by atomic mass is 10.0. The Morgan fingerprint density at radius 2 is 1.88 bits per heavy atom. The quantitative estimate of drug-likeness (QED) is 0.581. The molecule has 2 unspecified atom stereocenters. The summed E-state index contributed by atoms with van der Waals surface area (Å²) in [6.07, 6.45) is -2.37. The van der Waals surface area contributed by atoms with Crippen LogP contribution >= 0.6 is 12.6 Å². The van der Waals surface area contributed by atoms with E-state index in [0.29, 0.717) is 10.5 Å². The maximum absolute atomic E-state index is 11.6. The minimum absolute atomic E-state index is 0.187. The van der Waals surface area contributed by atoms with Crippen molar-refractivity contribution in [3.8, 4) is 0 Å². The third-order valence-corrected chi connectivity index (χ3v) is 3.78. The molecule has 3 N–H and O–H groups in total. The maximum Gasteiger partial charge on any atom is 0.407 e. The summed E-state index contributed by atoms with van der Waals surface area (Å²) in [6.45, 7) is 0.388. The molecule has 0 fully saturated rings. The predicted octanol–water partition coefficient (Wildman–Crippen LogP) is 2.69. The second-order valence-electron chi connectivity index (χ2n) is 5.38. The predicted molar refractivity (Wildman–Crippen MR) is 93.9 cm³/mol. The highest BCUT2D eigenvalue weighted by Gasteiger charge is 2.18. The molecule has 2 aromatic rings. The largest absolute Gasteiger partial charge is 0.445 e. The van der Waals surface area contributed by atoms with Crippen LogP contribution in [0.15, 0.2) is 59.5 Å². The fraction of sp³-hybridized carbons (Fsp3) is 0.278. The molecule has 0 spiro atoms. The van der Waals surface area contributed by atoms with E-state index in [1.54, 1.807) is 24.3 Å². The molecule has 24 heavy (non-hydrogen) atoms. The molecule has 2 atom stereocenters. The molecule has 0 radical (unpaired) electrons. The van der Waals surface area contributed by atoms with E-state index in [9.17, 15) is 15.0 Å². The van der Waals surface area contributed by atoms with Gasteiger partial charge < -0.3 is 20.3 Å². The second kappa shape index (κ2) is 9.32. The van der Waals surface area contributed by atoms with Gasteiger partial charge in [0.2, 0.25) is 0 Å². The number of hydrogen-bond donors (Lipinski definition) is 4. The van der Waals surface area contributed by atoms with E-state index in [0.717, 1.165) is 5.56 Å². The number of amides is 1. The molecule has 0 aliphatic carbocycles. The Balaban J connectivity index is 1.70. The SMILES string of the molecule is O=C(NCCC(O)C(O)c1cccc(S)c1)OCc1ccccc1. The summed E-state index contributed by atoms with van der Waals surface area (Å²) in [6, 6.07) is 16.3. The molecule has 0 aromatic heterocycles.